The Kier molecular flexibility index (Phi) is 5.63. The maximum atomic E-state index is 13.4. The van der Waals surface area contributed by atoms with Crippen molar-refractivity contribution in [2.75, 3.05) is 31.7 Å². The number of ether oxygens (including phenoxy) is 2. The quantitative estimate of drug-likeness (QED) is 0.430. The van der Waals surface area contributed by atoms with Gasteiger partial charge in [0.2, 0.25) is 0 Å². The highest BCUT2D eigenvalue weighted by atomic mass is 32.1. The summed E-state index contributed by atoms with van der Waals surface area (Å²) in [5.74, 6) is 1.31. The third-order valence-corrected chi connectivity index (χ3v) is 6.30. The lowest BCUT2D eigenvalue weighted by atomic mass is 10.0. The lowest BCUT2D eigenvalue weighted by Gasteiger charge is -2.34. The Morgan fingerprint density at radius 1 is 1.13 bits per heavy atom. The molecule has 1 aliphatic heterocycles. The summed E-state index contributed by atoms with van der Waals surface area (Å²) in [6.45, 7) is 2.28. The molecule has 0 N–H and O–H groups in total. The van der Waals surface area contributed by atoms with Gasteiger partial charge in [0.25, 0.3) is 0 Å². The van der Waals surface area contributed by atoms with Crippen molar-refractivity contribution in [3.8, 4) is 11.1 Å². The minimum Gasteiger partial charge on any atom is -0.377 e. The van der Waals surface area contributed by atoms with Gasteiger partial charge in [0.1, 0.15) is 29.2 Å². The number of benzene rings is 2. The minimum atomic E-state index is -0.246. The highest BCUT2D eigenvalue weighted by Gasteiger charge is 2.26. The van der Waals surface area contributed by atoms with Crippen molar-refractivity contribution in [1.29, 1.82) is 0 Å². The molecule has 31 heavy (non-hydrogen) atoms. The van der Waals surface area contributed by atoms with Gasteiger partial charge >= 0.3 is 0 Å². The van der Waals surface area contributed by atoms with Crippen LogP contribution in [-0.4, -0.2) is 36.8 Å². The van der Waals surface area contributed by atoms with E-state index >= 15 is 0 Å². The summed E-state index contributed by atoms with van der Waals surface area (Å²) in [5.41, 5.74) is 3.23. The van der Waals surface area contributed by atoms with Gasteiger partial charge in [-0.25, -0.2) is 14.4 Å². The molecule has 0 radical (unpaired) electrons. The first-order valence-corrected chi connectivity index (χ1v) is 11.1. The zero-order valence-electron chi connectivity index (χ0n) is 17.1. The van der Waals surface area contributed by atoms with Gasteiger partial charge in [0, 0.05) is 31.1 Å². The number of thiophene rings is 1. The van der Waals surface area contributed by atoms with Crippen LogP contribution in [-0.2, 0) is 16.1 Å². The lowest BCUT2D eigenvalue weighted by molar-refractivity contribution is 0.0395. The fraction of sp³-hybridized carbons (Fsp3) is 0.250. The van der Waals surface area contributed by atoms with Gasteiger partial charge < -0.3 is 14.4 Å². The standard InChI is InChI=1S/C24H22FN3O2S/c1-29-14-21-26-23(22-19(15-31-24(22)27-21)16-5-3-2-4-6-16)28-11-12-30-20(13-28)17-7-9-18(25)10-8-17/h2-10,15,20H,11-14H2,1H3/t20-/m1/s1. The molecule has 4 aromatic rings. The second-order valence-electron chi connectivity index (χ2n) is 7.45. The van der Waals surface area contributed by atoms with Crippen LogP contribution in [0.25, 0.3) is 21.3 Å². The highest BCUT2D eigenvalue weighted by molar-refractivity contribution is 7.17. The topological polar surface area (TPSA) is 47.5 Å². The average molecular weight is 436 g/mol. The fourth-order valence-electron chi connectivity index (χ4n) is 3.94. The smallest absolute Gasteiger partial charge is 0.158 e. The molecule has 5 rings (SSSR count). The van der Waals surface area contributed by atoms with Crippen molar-refractivity contribution >= 4 is 27.4 Å². The molecular weight excluding hydrogens is 413 g/mol. The minimum absolute atomic E-state index is 0.149. The van der Waals surface area contributed by atoms with Gasteiger partial charge in [0.15, 0.2) is 5.82 Å². The number of anilines is 1. The number of morpholine rings is 1. The zero-order chi connectivity index (χ0) is 21.2. The van der Waals surface area contributed by atoms with E-state index in [0.717, 1.165) is 39.3 Å². The van der Waals surface area contributed by atoms with Gasteiger partial charge in [-0.3, -0.25) is 0 Å². The second kappa shape index (κ2) is 8.70. The number of rotatable bonds is 5. The van der Waals surface area contributed by atoms with Crippen molar-refractivity contribution < 1.29 is 13.9 Å². The highest BCUT2D eigenvalue weighted by Crippen LogP contribution is 2.39. The van der Waals surface area contributed by atoms with Gasteiger partial charge in [-0.1, -0.05) is 42.5 Å². The van der Waals surface area contributed by atoms with Crippen LogP contribution >= 0.6 is 11.3 Å². The number of halogens is 1. The first kappa shape index (κ1) is 20.1. The molecule has 0 unspecified atom stereocenters. The molecule has 7 heteroatoms. The summed E-state index contributed by atoms with van der Waals surface area (Å²) in [4.78, 5) is 12.8. The van der Waals surface area contributed by atoms with E-state index in [1.54, 1.807) is 30.6 Å². The Hall–Kier alpha value is -2.87. The molecular formula is C24H22FN3O2S. The van der Waals surface area contributed by atoms with E-state index in [4.69, 9.17) is 19.4 Å². The van der Waals surface area contributed by atoms with E-state index in [-0.39, 0.29) is 11.9 Å². The normalized spacial score (nSPS) is 16.7. The van der Waals surface area contributed by atoms with Crippen LogP contribution in [0.2, 0.25) is 0 Å². The van der Waals surface area contributed by atoms with Crippen molar-refractivity contribution in [3.05, 3.63) is 77.2 Å². The van der Waals surface area contributed by atoms with E-state index in [1.807, 2.05) is 18.2 Å². The second-order valence-corrected chi connectivity index (χ2v) is 8.31. The average Bonchev–Trinajstić information content (AvgIpc) is 3.24. The summed E-state index contributed by atoms with van der Waals surface area (Å²) >= 11 is 1.62. The number of fused-ring (bicyclic) bond motifs is 1. The Bertz CT molecular complexity index is 1180. The monoisotopic (exact) mass is 435 g/mol. The first-order chi connectivity index (χ1) is 15.2. The molecule has 1 atom stereocenters. The van der Waals surface area contributed by atoms with E-state index in [2.05, 4.69) is 22.4 Å². The Labute approximate surface area is 184 Å². The van der Waals surface area contributed by atoms with Crippen LogP contribution in [0.5, 0.6) is 0 Å². The molecule has 5 nitrogen and oxygen atoms in total. The summed E-state index contributed by atoms with van der Waals surface area (Å²) in [6, 6.07) is 16.8. The third-order valence-electron chi connectivity index (χ3n) is 5.43. The number of aromatic nitrogens is 2. The van der Waals surface area contributed by atoms with E-state index in [9.17, 15) is 4.39 Å². The molecule has 1 fully saturated rings. The number of hydrogen-bond acceptors (Lipinski definition) is 6. The predicted octanol–water partition coefficient (Wildman–Crippen LogP) is 5.22. The van der Waals surface area contributed by atoms with Crippen molar-refractivity contribution in [2.24, 2.45) is 0 Å². The van der Waals surface area contributed by atoms with Crippen LogP contribution in [0.1, 0.15) is 17.5 Å². The summed E-state index contributed by atoms with van der Waals surface area (Å²) in [5, 5.41) is 3.20. The van der Waals surface area contributed by atoms with Gasteiger partial charge in [-0.05, 0) is 23.3 Å². The maximum Gasteiger partial charge on any atom is 0.158 e. The van der Waals surface area contributed by atoms with Crippen molar-refractivity contribution in [2.45, 2.75) is 12.7 Å². The van der Waals surface area contributed by atoms with Crippen LogP contribution < -0.4 is 4.90 Å². The van der Waals surface area contributed by atoms with E-state index in [0.29, 0.717) is 25.6 Å². The molecule has 3 heterocycles. The fourth-order valence-corrected chi connectivity index (χ4v) is 4.90. The van der Waals surface area contributed by atoms with Crippen LogP contribution in [0.3, 0.4) is 0 Å². The Morgan fingerprint density at radius 3 is 2.71 bits per heavy atom. The molecule has 0 saturated carbocycles. The van der Waals surface area contributed by atoms with Crippen molar-refractivity contribution in [1.82, 2.24) is 9.97 Å². The van der Waals surface area contributed by atoms with E-state index in [1.165, 1.54) is 12.1 Å². The van der Waals surface area contributed by atoms with Crippen molar-refractivity contribution in [3.63, 3.8) is 0 Å². The zero-order valence-corrected chi connectivity index (χ0v) is 17.9. The number of nitrogens with zero attached hydrogens (tertiary/aromatic N) is 3. The first-order valence-electron chi connectivity index (χ1n) is 10.2. The van der Waals surface area contributed by atoms with Gasteiger partial charge in [-0.2, -0.15) is 0 Å². The Morgan fingerprint density at radius 2 is 1.94 bits per heavy atom. The molecule has 1 saturated heterocycles. The lowest BCUT2D eigenvalue weighted by Crippen LogP contribution is -2.39. The summed E-state index contributed by atoms with van der Waals surface area (Å²) in [6.07, 6.45) is -0.149. The molecule has 2 aromatic carbocycles. The summed E-state index contributed by atoms with van der Waals surface area (Å²) in [7, 11) is 1.65. The number of methoxy groups -OCH3 is 1. The molecule has 1 aliphatic rings. The summed E-state index contributed by atoms with van der Waals surface area (Å²) < 4.78 is 24.7. The third kappa shape index (κ3) is 4.04. The molecule has 0 amide bonds. The molecule has 0 spiro atoms. The SMILES string of the molecule is COCc1nc(N2CCO[C@@H](c3ccc(F)cc3)C2)c2c(-c3ccccc3)csc2n1. The van der Waals surface area contributed by atoms with Crippen LogP contribution in [0.4, 0.5) is 10.2 Å². The number of hydrogen-bond donors (Lipinski definition) is 0. The van der Waals surface area contributed by atoms with Crippen LogP contribution in [0.15, 0.2) is 60.0 Å². The van der Waals surface area contributed by atoms with Gasteiger partial charge in [-0.15, -0.1) is 11.3 Å². The Balaban J connectivity index is 1.58. The van der Waals surface area contributed by atoms with E-state index < -0.39 is 0 Å². The molecule has 158 valence electrons. The van der Waals surface area contributed by atoms with Gasteiger partial charge in [0.05, 0.1) is 12.0 Å². The predicted molar refractivity (Wildman–Crippen MR) is 121 cm³/mol. The largest absolute Gasteiger partial charge is 0.377 e. The van der Waals surface area contributed by atoms with Crippen LogP contribution in [0, 0.1) is 5.82 Å². The molecule has 0 bridgehead atoms. The maximum absolute atomic E-state index is 13.4. The molecule has 0 aliphatic carbocycles. The molecule has 2 aromatic heterocycles.